The Morgan fingerprint density at radius 2 is 1.91 bits per heavy atom. The second-order valence-electron chi connectivity index (χ2n) is 7.65. The van der Waals surface area contributed by atoms with Crippen LogP contribution in [0, 0.1) is 5.82 Å². The minimum atomic E-state index is -3.55. The Balaban J connectivity index is 1.74. The first kappa shape index (κ1) is 23.9. The zero-order valence-electron chi connectivity index (χ0n) is 18.5. The topological polar surface area (TPSA) is 103 Å². The Kier molecular flexibility index (Phi) is 6.74. The average molecular weight is 506 g/mol. The van der Waals surface area contributed by atoms with E-state index in [0.29, 0.717) is 39.9 Å². The molecule has 4 rings (SSSR count). The van der Waals surface area contributed by atoms with E-state index in [2.05, 4.69) is 15.0 Å². The number of pyridine rings is 1. The fraction of sp³-hybridized carbons (Fsp3) is 0.217. The van der Waals surface area contributed by atoms with E-state index in [9.17, 15) is 12.8 Å². The van der Waals surface area contributed by atoms with Crippen molar-refractivity contribution in [3.8, 4) is 28.6 Å². The Labute approximate surface area is 200 Å². The Bertz CT molecular complexity index is 1460. The van der Waals surface area contributed by atoms with Crippen molar-refractivity contribution < 1.29 is 27.0 Å². The maximum absolute atomic E-state index is 14.6. The summed E-state index contributed by atoms with van der Waals surface area (Å²) in [4.78, 5) is 11.7. The number of ether oxygens (including phenoxy) is 3. The lowest BCUT2D eigenvalue weighted by Gasteiger charge is -2.16. The minimum absolute atomic E-state index is 0.140. The van der Waals surface area contributed by atoms with Crippen LogP contribution in [-0.2, 0) is 14.6 Å². The molecule has 2 aromatic carbocycles. The highest BCUT2D eigenvalue weighted by Gasteiger charge is 2.16. The number of nitrogens with zero attached hydrogens (tertiary/aromatic N) is 2. The van der Waals surface area contributed by atoms with Crippen molar-refractivity contribution in [2.75, 3.05) is 20.0 Å². The molecule has 2 heterocycles. The second kappa shape index (κ2) is 9.57. The van der Waals surface area contributed by atoms with E-state index in [1.807, 2.05) is 6.92 Å². The number of fused-ring (bicyclic) bond motifs is 1. The molecule has 34 heavy (non-hydrogen) atoms. The van der Waals surface area contributed by atoms with Crippen LogP contribution >= 0.6 is 11.6 Å². The van der Waals surface area contributed by atoms with Crippen LogP contribution in [0.2, 0.25) is 5.02 Å². The van der Waals surface area contributed by atoms with Gasteiger partial charge < -0.3 is 19.2 Å². The second-order valence-corrected chi connectivity index (χ2v) is 10.1. The van der Waals surface area contributed by atoms with Gasteiger partial charge in [0.1, 0.15) is 28.9 Å². The van der Waals surface area contributed by atoms with Crippen LogP contribution in [0.15, 0.2) is 53.6 Å². The van der Waals surface area contributed by atoms with Gasteiger partial charge in [-0.05, 0) is 43.3 Å². The number of imidazole rings is 1. The quantitative estimate of drug-likeness (QED) is 0.358. The number of aromatic amines is 1. The van der Waals surface area contributed by atoms with Crippen LogP contribution in [0.4, 0.5) is 4.39 Å². The molecule has 0 fully saturated rings. The van der Waals surface area contributed by atoms with Gasteiger partial charge in [-0.15, -0.1) is 0 Å². The molecule has 8 nitrogen and oxygen atoms in total. The molecule has 178 valence electrons. The van der Waals surface area contributed by atoms with E-state index in [4.69, 9.17) is 25.8 Å². The average Bonchev–Trinajstić information content (AvgIpc) is 3.18. The summed E-state index contributed by atoms with van der Waals surface area (Å²) in [6.07, 6.45) is 2.25. The lowest BCUT2D eigenvalue weighted by Crippen LogP contribution is -2.17. The van der Waals surface area contributed by atoms with Crippen LogP contribution in [0.25, 0.3) is 22.6 Å². The maximum Gasteiger partial charge on any atom is 0.175 e. The van der Waals surface area contributed by atoms with E-state index in [0.717, 1.165) is 12.3 Å². The van der Waals surface area contributed by atoms with E-state index < -0.39 is 15.7 Å². The van der Waals surface area contributed by atoms with Crippen LogP contribution in [-0.4, -0.2) is 49.4 Å². The van der Waals surface area contributed by atoms with Gasteiger partial charge in [-0.1, -0.05) is 11.6 Å². The number of H-pyrrole nitrogens is 1. The molecule has 0 aliphatic rings. The number of rotatable bonds is 8. The highest BCUT2D eigenvalue weighted by molar-refractivity contribution is 7.90. The van der Waals surface area contributed by atoms with E-state index in [-0.39, 0.29) is 22.5 Å². The monoisotopic (exact) mass is 505 g/mol. The molecule has 0 aliphatic heterocycles. The number of hydrogen-bond donors (Lipinski definition) is 1. The third-order valence-corrected chi connectivity index (χ3v) is 6.07. The van der Waals surface area contributed by atoms with Crippen molar-refractivity contribution in [3.05, 3.63) is 59.5 Å². The number of methoxy groups -OCH3 is 1. The zero-order chi connectivity index (χ0) is 24.5. The van der Waals surface area contributed by atoms with Gasteiger partial charge in [-0.3, -0.25) is 0 Å². The lowest BCUT2D eigenvalue weighted by atomic mass is 10.2. The number of nitrogens with one attached hydrogen (secondary N) is 1. The van der Waals surface area contributed by atoms with Gasteiger partial charge in [0, 0.05) is 31.2 Å². The van der Waals surface area contributed by atoms with Crippen LogP contribution in [0.1, 0.15) is 6.92 Å². The predicted octanol–water partition coefficient (Wildman–Crippen LogP) is 5.03. The van der Waals surface area contributed by atoms with Crippen molar-refractivity contribution in [1.82, 2.24) is 15.0 Å². The molecule has 1 atom stereocenters. The summed E-state index contributed by atoms with van der Waals surface area (Å²) in [5.74, 6) is 0.225. The van der Waals surface area contributed by atoms with Gasteiger partial charge in [-0.25, -0.2) is 22.8 Å². The van der Waals surface area contributed by atoms with Gasteiger partial charge in [-0.2, -0.15) is 0 Å². The molecule has 1 N–H and O–H groups in total. The fourth-order valence-electron chi connectivity index (χ4n) is 3.27. The third kappa shape index (κ3) is 5.46. The zero-order valence-corrected chi connectivity index (χ0v) is 20.1. The molecule has 0 saturated heterocycles. The molecule has 11 heteroatoms. The first-order valence-electron chi connectivity index (χ1n) is 10.1. The molecule has 0 aliphatic carbocycles. The Morgan fingerprint density at radius 3 is 2.62 bits per heavy atom. The van der Waals surface area contributed by atoms with Crippen LogP contribution in [0.5, 0.6) is 17.2 Å². The van der Waals surface area contributed by atoms with Gasteiger partial charge in [0.25, 0.3) is 0 Å². The van der Waals surface area contributed by atoms with Gasteiger partial charge in [0.2, 0.25) is 0 Å². The summed E-state index contributed by atoms with van der Waals surface area (Å²) < 4.78 is 54.8. The molecule has 0 unspecified atom stereocenters. The van der Waals surface area contributed by atoms with Crippen molar-refractivity contribution in [1.29, 1.82) is 0 Å². The van der Waals surface area contributed by atoms with E-state index >= 15 is 0 Å². The van der Waals surface area contributed by atoms with Gasteiger partial charge in [0.15, 0.2) is 27.1 Å². The summed E-state index contributed by atoms with van der Waals surface area (Å²) in [7, 11) is -1.98. The number of benzene rings is 2. The van der Waals surface area contributed by atoms with E-state index in [1.165, 1.54) is 18.3 Å². The number of halogens is 2. The third-order valence-electron chi connectivity index (χ3n) is 4.75. The molecule has 0 radical (unpaired) electrons. The molecule has 2 aromatic heterocycles. The predicted molar refractivity (Wildman–Crippen MR) is 126 cm³/mol. The van der Waals surface area contributed by atoms with Crippen LogP contribution < -0.4 is 9.47 Å². The Hall–Kier alpha value is -3.21. The molecule has 0 saturated carbocycles. The van der Waals surface area contributed by atoms with E-state index in [1.54, 1.807) is 31.4 Å². The number of hydrogen-bond acceptors (Lipinski definition) is 7. The molecule has 4 aromatic rings. The largest absolute Gasteiger partial charge is 0.488 e. The van der Waals surface area contributed by atoms with Gasteiger partial charge in [0.05, 0.1) is 16.5 Å². The van der Waals surface area contributed by atoms with Crippen molar-refractivity contribution in [3.63, 3.8) is 0 Å². The summed E-state index contributed by atoms with van der Waals surface area (Å²) in [5, 5.41) is 0.452. The van der Waals surface area contributed by atoms with Gasteiger partial charge >= 0.3 is 0 Å². The summed E-state index contributed by atoms with van der Waals surface area (Å²) >= 11 is 6.01. The van der Waals surface area contributed by atoms with Crippen molar-refractivity contribution in [2.24, 2.45) is 0 Å². The normalized spacial score (nSPS) is 12.6. The SMILES string of the molecule is COC[C@H](C)Oc1cc(Oc2ccc(S(C)(=O)=O)cc2F)cc(-c2nc3cc(Cl)cnc3[nH]2)c1. The highest BCUT2D eigenvalue weighted by atomic mass is 35.5. The van der Waals surface area contributed by atoms with Crippen molar-refractivity contribution in [2.45, 2.75) is 17.9 Å². The molecular formula is C23H21ClFN3O5S. The number of sulfone groups is 1. The Morgan fingerprint density at radius 1 is 1.15 bits per heavy atom. The summed E-state index contributed by atoms with van der Waals surface area (Å²) in [6, 6.07) is 10.1. The molecule has 0 amide bonds. The molecule has 0 bridgehead atoms. The fourth-order valence-corrected chi connectivity index (χ4v) is 4.05. The molecule has 0 spiro atoms. The lowest BCUT2D eigenvalue weighted by molar-refractivity contribution is 0.0920. The van der Waals surface area contributed by atoms with Crippen LogP contribution in [0.3, 0.4) is 0 Å². The smallest absolute Gasteiger partial charge is 0.175 e. The number of aromatic nitrogens is 3. The maximum atomic E-state index is 14.6. The minimum Gasteiger partial charge on any atom is -0.488 e. The van der Waals surface area contributed by atoms with Crippen molar-refractivity contribution >= 4 is 32.6 Å². The first-order valence-corrected chi connectivity index (χ1v) is 12.4. The summed E-state index contributed by atoms with van der Waals surface area (Å²) in [5.41, 5.74) is 1.72. The first-order chi connectivity index (χ1) is 16.1. The highest BCUT2D eigenvalue weighted by Crippen LogP contribution is 2.34. The standard InChI is InChI=1S/C23H21ClFN3O5S/c1-13(12-31-2)32-16-6-14(22-27-20-8-15(24)11-26-23(20)28-22)7-17(9-16)33-21-5-4-18(10-19(21)25)34(3,29)30/h4-11,13H,12H2,1-3H3,(H,26,27,28)/t13-/m0/s1. The summed E-state index contributed by atoms with van der Waals surface area (Å²) in [6.45, 7) is 2.20. The molecular weight excluding hydrogens is 485 g/mol.